The summed E-state index contributed by atoms with van der Waals surface area (Å²) in [5, 5.41) is 16.5. The van der Waals surface area contributed by atoms with Gasteiger partial charge >= 0.3 is 0 Å². The fourth-order valence-electron chi connectivity index (χ4n) is 3.05. The molecule has 0 fully saturated rings. The number of carbonyl (C=O) groups excluding carboxylic acids is 2. The molecule has 1 aliphatic heterocycles. The second kappa shape index (κ2) is 7.45. The lowest BCUT2D eigenvalue weighted by Gasteiger charge is -2.17. The average molecular weight is 368 g/mol. The van der Waals surface area contributed by atoms with Gasteiger partial charge < -0.3 is 15.5 Å². The number of anilines is 3. The molecule has 0 saturated heterocycles. The van der Waals surface area contributed by atoms with Gasteiger partial charge in [-0.1, -0.05) is 0 Å². The third-order valence-electron chi connectivity index (χ3n) is 4.48. The molecule has 0 aliphatic carbocycles. The van der Waals surface area contributed by atoms with Gasteiger partial charge in [0.25, 0.3) is 5.69 Å². The van der Waals surface area contributed by atoms with Crippen LogP contribution in [0.4, 0.5) is 22.7 Å². The molecule has 2 aromatic carbocycles. The van der Waals surface area contributed by atoms with E-state index in [0.717, 1.165) is 23.4 Å². The summed E-state index contributed by atoms with van der Waals surface area (Å²) < 4.78 is 0. The molecule has 1 atom stereocenters. The number of amides is 2. The maximum Gasteiger partial charge on any atom is 0.269 e. The molecule has 0 unspecified atom stereocenters. The summed E-state index contributed by atoms with van der Waals surface area (Å²) in [6.45, 7) is 3.95. The van der Waals surface area contributed by atoms with Gasteiger partial charge in [-0.25, -0.2) is 0 Å². The van der Waals surface area contributed by atoms with Crippen LogP contribution in [0.25, 0.3) is 0 Å². The number of nitro benzene ring substituents is 1. The van der Waals surface area contributed by atoms with E-state index in [2.05, 4.69) is 10.6 Å². The van der Waals surface area contributed by atoms with Crippen molar-refractivity contribution in [3.8, 4) is 0 Å². The van der Waals surface area contributed by atoms with Crippen molar-refractivity contribution in [3.05, 3.63) is 58.1 Å². The Bertz CT molecular complexity index is 895. The largest absolute Gasteiger partial charge is 0.374 e. The third kappa shape index (κ3) is 4.05. The molecule has 2 aromatic rings. The summed E-state index contributed by atoms with van der Waals surface area (Å²) in [7, 11) is 0. The molecule has 8 nitrogen and oxygen atoms in total. The van der Waals surface area contributed by atoms with Crippen LogP contribution in [0.15, 0.2) is 42.5 Å². The Labute approximate surface area is 156 Å². The Hall–Kier alpha value is -3.42. The van der Waals surface area contributed by atoms with E-state index in [1.165, 1.54) is 24.3 Å². The molecule has 140 valence electrons. The second-order valence-electron chi connectivity index (χ2n) is 6.42. The van der Waals surface area contributed by atoms with E-state index in [-0.39, 0.29) is 17.5 Å². The van der Waals surface area contributed by atoms with Crippen LogP contribution in [0.1, 0.15) is 19.4 Å². The first-order valence-electron chi connectivity index (χ1n) is 8.58. The quantitative estimate of drug-likeness (QED) is 0.624. The summed E-state index contributed by atoms with van der Waals surface area (Å²) in [5.74, 6) is -0.236. The normalized spacial score (nSPS) is 13.6. The summed E-state index contributed by atoms with van der Waals surface area (Å²) in [6.07, 6.45) is 0.786. The van der Waals surface area contributed by atoms with Crippen molar-refractivity contribution in [2.45, 2.75) is 26.3 Å². The lowest BCUT2D eigenvalue weighted by molar-refractivity contribution is -0.384. The summed E-state index contributed by atoms with van der Waals surface area (Å²) in [6, 6.07) is 10.8. The van der Waals surface area contributed by atoms with Crippen LogP contribution in [0.2, 0.25) is 0 Å². The molecule has 2 amide bonds. The minimum absolute atomic E-state index is 0.0188. The molecule has 0 saturated carbocycles. The first-order valence-corrected chi connectivity index (χ1v) is 8.58. The highest BCUT2D eigenvalue weighted by Gasteiger charge is 2.22. The Morgan fingerprint density at radius 2 is 1.81 bits per heavy atom. The van der Waals surface area contributed by atoms with E-state index >= 15 is 0 Å². The first kappa shape index (κ1) is 18.4. The van der Waals surface area contributed by atoms with Crippen LogP contribution in [0.3, 0.4) is 0 Å². The Morgan fingerprint density at radius 3 is 2.44 bits per heavy atom. The highest BCUT2D eigenvalue weighted by molar-refractivity contribution is 5.97. The summed E-state index contributed by atoms with van der Waals surface area (Å²) >= 11 is 0. The Kier molecular flexibility index (Phi) is 5.07. The van der Waals surface area contributed by atoms with Crippen LogP contribution in [0, 0.1) is 10.1 Å². The fourth-order valence-corrected chi connectivity index (χ4v) is 3.05. The van der Waals surface area contributed by atoms with Gasteiger partial charge in [-0.2, -0.15) is 0 Å². The molecule has 1 aliphatic rings. The number of benzene rings is 2. The van der Waals surface area contributed by atoms with Gasteiger partial charge in [0, 0.05) is 42.7 Å². The van der Waals surface area contributed by atoms with Crippen LogP contribution in [-0.2, 0) is 16.0 Å². The molecule has 27 heavy (non-hydrogen) atoms. The summed E-state index contributed by atoms with van der Waals surface area (Å²) in [4.78, 5) is 35.9. The zero-order valence-corrected chi connectivity index (χ0v) is 15.1. The van der Waals surface area contributed by atoms with Gasteiger partial charge in [0.05, 0.1) is 4.92 Å². The predicted octanol–water partition coefficient (Wildman–Crippen LogP) is 2.94. The maximum absolute atomic E-state index is 12.4. The predicted molar refractivity (Wildman–Crippen MR) is 103 cm³/mol. The molecular weight excluding hydrogens is 348 g/mol. The lowest BCUT2D eigenvalue weighted by Crippen LogP contribution is -2.31. The number of fused-ring (bicyclic) bond motifs is 1. The minimum Gasteiger partial charge on any atom is -0.374 e. The van der Waals surface area contributed by atoms with Crippen molar-refractivity contribution in [3.63, 3.8) is 0 Å². The molecule has 8 heteroatoms. The van der Waals surface area contributed by atoms with Gasteiger partial charge in [0.2, 0.25) is 11.8 Å². The van der Waals surface area contributed by atoms with Gasteiger partial charge in [0.15, 0.2) is 0 Å². The smallest absolute Gasteiger partial charge is 0.269 e. The molecule has 3 rings (SSSR count). The zero-order valence-electron chi connectivity index (χ0n) is 15.1. The Balaban J connectivity index is 1.63. The van der Waals surface area contributed by atoms with Crippen LogP contribution in [0.5, 0.6) is 0 Å². The van der Waals surface area contributed by atoms with E-state index in [1.54, 1.807) is 18.7 Å². The van der Waals surface area contributed by atoms with E-state index in [1.807, 2.05) is 18.2 Å². The molecule has 0 bridgehead atoms. The van der Waals surface area contributed by atoms with Gasteiger partial charge in [-0.3, -0.25) is 19.7 Å². The SMILES string of the molecule is CC(=O)N1CCc2cc(N[C@H](C)C(=O)Nc3ccc([N+](=O)[O-])cc3)ccc21. The lowest BCUT2D eigenvalue weighted by atomic mass is 10.1. The average Bonchev–Trinajstić information content (AvgIpc) is 3.05. The number of non-ortho nitro benzene ring substituents is 1. The molecule has 2 N–H and O–H groups in total. The van der Waals surface area contributed by atoms with Crippen LogP contribution >= 0.6 is 0 Å². The summed E-state index contributed by atoms with van der Waals surface area (Å²) in [5.41, 5.74) is 3.24. The highest BCUT2D eigenvalue weighted by Crippen LogP contribution is 2.30. The standard InChI is InChI=1S/C19H20N4O4/c1-12(19(25)21-15-3-6-17(7-4-15)23(26)27)20-16-5-8-18-14(11-16)9-10-22(18)13(2)24/h3-8,11-12,20H,9-10H2,1-2H3,(H,21,25)/t12-/m1/s1. The Morgan fingerprint density at radius 1 is 1.15 bits per heavy atom. The zero-order chi connectivity index (χ0) is 19.6. The fraction of sp³-hybridized carbons (Fsp3) is 0.263. The monoisotopic (exact) mass is 368 g/mol. The number of hydrogen-bond donors (Lipinski definition) is 2. The van der Waals surface area contributed by atoms with Crippen molar-refractivity contribution in [1.82, 2.24) is 0 Å². The van der Waals surface area contributed by atoms with E-state index in [0.29, 0.717) is 12.2 Å². The highest BCUT2D eigenvalue weighted by atomic mass is 16.6. The number of carbonyl (C=O) groups is 2. The van der Waals surface area contributed by atoms with Gasteiger partial charge in [-0.05, 0) is 49.2 Å². The first-order chi connectivity index (χ1) is 12.8. The molecule has 0 spiro atoms. The number of nitro groups is 1. The number of nitrogens with one attached hydrogen (secondary N) is 2. The van der Waals surface area contributed by atoms with Gasteiger partial charge in [-0.15, -0.1) is 0 Å². The van der Waals surface area contributed by atoms with Crippen LogP contribution in [-0.4, -0.2) is 29.3 Å². The van der Waals surface area contributed by atoms with Crippen molar-refractivity contribution in [2.75, 3.05) is 22.1 Å². The van der Waals surface area contributed by atoms with E-state index in [9.17, 15) is 19.7 Å². The molecule has 1 heterocycles. The third-order valence-corrected chi connectivity index (χ3v) is 4.48. The van der Waals surface area contributed by atoms with E-state index < -0.39 is 11.0 Å². The minimum atomic E-state index is -0.511. The van der Waals surface area contributed by atoms with E-state index in [4.69, 9.17) is 0 Å². The molecule has 0 radical (unpaired) electrons. The van der Waals surface area contributed by atoms with Crippen LogP contribution < -0.4 is 15.5 Å². The second-order valence-corrected chi connectivity index (χ2v) is 6.42. The van der Waals surface area contributed by atoms with Crippen molar-refractivity contribution in [1.29, 1.82) is 0 Å². The number of hydrogen-bond acceptors (Lipinski definition) is 5. The molecular formula is C19H20N4O4. The number of rotatable bonds is 5. The number of nitrogens with zero attached hydrogens (tertiary/aromatic N) is 2. The topological polar surface area (TPSA) is 105 Å². The molecule has 0 aromatic heterocycles. The van der Waals surface area contributed by atoms with Crippen molar-refractivity contribution < 1.29 is 14.5 Å². The van der Waals surface area contributed by atoms with Crippen molar-refractivity contribution in [2.24, 2.45) is 0 Å². The maximum atomic E-state index is 12.4. The van der Waals surface area contributed by atoms with Gasteiger partial charge in [0.1, 0.15) is 6.04 Å². The van der Waals surface area contributed by atoms with Crippen molar-refractivity contribution >= 4 is 34.6 Å².